The minimum atomic E-state index is -4.51. The monoisotopic (exact) mass is 417 g/mol. The smallest absolute Gasteiger partial charge is 0.339 e. The van der Waals surface area contributed by atoms with Crippen molar-refractivity contribution in [2.75, 3.05) is 26.2 Å². The number of carbonyl (C=O) groups excluding carboxylic acids is 2. The van der Waals surface area contributed by atoms with Crippen LogP contribution in [0.3, 0.4) is 0 Å². The van der Waals surface area contributed by atoms with Crippen molar-refractivity contribution in [2.45, 2.75) is 37.9 Å². The molecule has 1 atom stereocenters. The van der Waals surface area contributed by atoms with Crippen LogP contribution < -0.4 is 5.32 Å². The van der Waals surface area contributed by atoms with Gasteiger partial charge in [0.05, 0.1) is 6.04 Å². The van der Waals surface area contributed by atoms with Crippen LogP contribution in [-0.2, 0) is 4.79 Å². The number of hydrogen-bond acceptors (Lipinski definition) is 2. The third kappa shape index (κ3) is 5.31. The van der Waals surface area contributed by atoms with E-state index in [-0.39, 0.29) is 38.3 Å². The van der Waals surface area contributed by atoms with Crippen molar-refractivity contribution in [3.8, 4) is 0 Å². The molecule has 1 aliphatic heterocycles. The Morgan fingerprint density at radius 1 is 1.07 bits per heavy atom. The fourth-order valence-corrected chi connectivity index (χ4v) is 3.71. The Morgan fingerprint density at radius 2 is 1.64 bits per heavy atom. The van der Waals surface area contributed by atoms with E-state index in [1.165, 1.54) is 4.90 Å². The average Bonchev–Trinajstić information content (AvgIpc) is 2.59. The van der Waals surface area contributed by atoms with Gasteiger partial charge in [0.15, 0.2) is 0 Å². The first-order chi connectivity index (χ1) is 13.2. The Bertz CT molecular complexity index is 699. The van der Waals surface area contributed by atoms with E-state index in [0.29, 0.717) is 10.9 Å². The molecule has 154 valence electrons. The van der Waals surface area contributed by atoms with Crippen molar-refractivity contribution in [2.24, 2.45) is 5.92 Å². The highest BCUT2D eigenvalue weighted by Crippen LogP contribution is 2.38. The summed E-state index contributed by atoms with van der Waals surface area (Å²) in [6, 6.07) is 7.01. The Kier molecular flexibility index (Phi) is 6.37. The zero-order valence-electron chi connectivity index (χ0n) is 15.3. The number of nitrogens with one attached hydrogen (secondary N) is 1. The van der Waals surface area contributed by atoms with Gasteiger partial charge < -0.3 is 15.1 Å². The topological polar surface area (TPSA) is 52.7 Å². The van der Waals surface area contributed by atoms with Crippen LogP contribution in [0.2, 0.25) is 5.02 Å². The van der Waals surface area contributed by atoms with Crippen LogP contribution in [-0.4, -0.2) is 54.1 Å². The molecule has 28 heavy (non-hydrogen) atoms. The minimum Gasteiger partial charge on any atom is -0.339 e. The lowest BCUT2D eigenvalue weighted by Gasteiger charge is -2.38. The molecule has 1 N–H and O–H groups in total. The lowest BCUT2D eigenvalue weighted by atomic mass is 9.77. The highest BCUT2D eigenvalue weighted by molar-refractivity contribution is 6.30. The number of halogens is 4. The first kappa shape index (κ1) is 20.8. The Labute approximate surface area is 166 Å². The molecular formula is C19H23ClF3N3O2. The molecule has 3 amide bonds. The molecule has 1 saturated carbocycles. The number of piperazine rings is 1. The first-order valence-electron chi connectivity index (χ1n) is 9.38. The Morgan fingerprint density at radius 3 is 2.14 bits per heavy atom. The van der Waals surface area contributed by atoms with Gasteiger partial charge in [-0.15, -0.1) is 0 Å². The molecule has 1 aromatic carbocycles. The van der Waals surface area contributed by atoms with Crippen molar-refractivity contribution in [1.29, 1.82) is 0 Å². The molecule has 0 spiro atoms. The average molecular weight is 418 g/mol. The van der Waals surface area contributed by atoms with Gasteiger partial charge in [-0.2, -0.15) is 13.2 Å². The Balaban J connectivity index is 1.56. The van der Waals surface area contributed by atoms with E-state index in [0.717, 1.165) is 24.8 Å². The van der Waals surface area contributed by atoms with E-state index in [2.05, 4.69) is 5.32 Å². The summed E-state index contributed by atoms with van der Waals surface area (Å²) in [4.78, 5) is 27.1. The number of nitrogens with zero attached hydrogens (tertiary/aromatic N) is 2. The number of urea groups is 1. The van der Waals surface area contributed by atoms with Crippen molar-refractivity contribution in [3.05, 3.63) is 34.9 Å². The van der Waals surface area contributed by atoms with Crippen LogP contribution >= 0.6 is 11.6 Å². The molecule has 3 rings (SSSR count). The van der Waals surface area contributed by atoms with Gasteiger partial charge in [0.25, 0.3) is 0 Å². The summed E-state index contributed by atoms with van der Waals surface area (Å²) < 4.78 is 37.1. The first-order valence-corrected chi connectivity index (χ1v) is 9.76. The van der Waals surface area contributed by atoms with Gasteiger partial charge in [-0.05, 0) is 36.5 Å². The highest BCUT2D eigenvalue weighted by atomic mass is 35.5. The number of amides is 3. The summed E-state index contributed by atoms with van der Waals surface area (Å²) in [5.41, 5.74) is 0.987. The number of rotatable bonds is 4. The van der Waals surface area contributed by atoms with Gasteiger partial charge in [0, 0.05) is 31.2 Å². The fraction of sp³-hybridized carbons (Fsp3) is 0.579. The third-order valence-electron chi connectivity index (χ3n) is 5.40. The fourth-order valence-electron chi connectivity index (χ4n) is 3.58. The maximum Gasteiger partial charge on any atom is 0.397 e. The van der Waals surface area contributed by atoms with Gasteiger partial charge in [-0.3, -0.25) is 4.79 Å². The summed E-state index contributed by atoms with van der Waals surface area (Å²) in [5, 5.41) is 3.69. The quantitative estimate of drug-likeness (QED) is 0.805. The molecule has 5 nitrogen and oxygen atoms in total. The van der Waals surface area contributed by atoms with Crippen LogP contribution in [0.5, 0.6) is 0 Å². The van der Waals surface area contributed by atoms with Crippen LogP contribution in [0.1, 0.15) is 37.3 Å². The van der Waals surface area contributed by atoms with E-state index in [1.807, 2.05) is 12.1 Å². The summed E-state index contributed by atoms with van der Waals surface area (Å²) in [6.45, 7) is 0.648. The van der Waals surface area contributed by atoms with Crippen LogP contribution in [0, 0.1) is 5.92 Å². The number of hydrogen-bond donors (Lipinski definition) is 1. The zero-order valence-corrected chi connectivity index (χ0v) is 16.1. The van der Waals surface area contributed by atoms with E-state index < -0.39 is 18.5 Å². The molecule has 0 radical (unpaired) electrons. The van der Waals surface area contributed by atoms with E-state index in [1.54, 1.807) is 17.0 Å². The summed E-state index contributed by atoms with van der Waals surface area (Å²) in [7, 11) is 0. The van der Waals surface area contributed by atoms with E-state index >= 15 is 0 Å². The van der Waals surface area contributed by atoms with Crippen molar-refractivity contribution < 1.29 is 22.8 Å². The molecule has 0 aromatic heterocycles. The SMILES string of the molecule is O=C(CC(F)(F)F)N1CCN(C(=O)NC(c2ccc(Cl)cc2)C2CCC2)CC1. The normalized spacial score (nSPS) is 19.1. The van der Waals surface area contributed by atoms with E-state index in [9.17, 15) is 22.8 Å². The number of alkyl halides is 3. The number of benzene rings is 1. The molecule has 1 saturated heterocycles. The molecule has 9 heteroatoms. The summed E-state index contributed by atoms with van der Waals surface area (Å²) >= 11 is 5.95. The summed E-state index contributed by atoms with van der Waals surface area (Å²) in [6.07, 6.45) is -2.77. The predicted molar refractivity (Wildman–Crippen MR) is 98.9 cm³/mol. The standard InChI is InChI=1S/C19H23ClF3N3O2/c20-15-6-4-14(5-7-15)17(13-2-1-3-13)24-18(28)26-10-8-25(9-11-26)16(27)12-19(21,22)23/h4-7,13,17H,1-3,8-12H2,(H,24,28). The molecule has 1 aliphatic carbocycles. The van der Waals surface area contributed by atoms with Crippen LogP contribution in [0.4, 0.5) is 18.0 Å². The molecule has 2 aliphatic rings. The number of carbonyl (C=O) groups is 2. The van der Waals surface area contributed by atoms with E-state index in [4.69, 9.17) is 11.6 Å². The largest absolute Gasteiger partial charge is 0.397 e. The van der Waals surface area contributed by atoms with Crippen molar-refractivity contribution >= 4 is 23.5 Å². The second-order valence-electron chi connectivity index (χ2n) is 7.33. The molecular weight excluding hydrogens is 395 g/mol. The molecule has 1 heterocycles. The van der Waals surface area contributed by atoms with Gasteiger partial charge in [-0.1, -0.05) is 30.2 Å². The third-order valence-corrected chi connectivity index (χ3v) is 5.65. The van der Waals surface area contributed by atoms with Crippen LogP contribution in [0.25, 0.3) is 0 Å². The summed E-state index contributed by atoms with van der Waals surface area (Å²) in [5.74, 6) is -0.583. The van der Waals surface area contributed by atoms with Crippen molar-refractivity contribution in [1.82, 2.24) is 15.1 Å². The van der Waals surface area contributed by atoms with Gasteiger partial charge >= 0.3 is 12.2 Å². The van der Waals surface area contributed by atoms with Gasteiger partial charge in [-0.25, -0.2) is 4.79 Å². The second-order valence-corrected chi connectivity index (χ2v) is 7.77. The Hall–Kier alpha value is -1.96. The van der Waals surface area contributed by atoms with Crippen LogP contribution in [0.15, 0.2) is 24.3 Å². The van der Waals surface area contributed by atoms with Crippen molar-refractivity contribution in [3.63, 3.8) is 0 Å². The predicted octanol–water partition coefficient (Wildman–Crippen LogP) is 3.99. The molecule has 1 aromatic rings. The lowest BCUT2D eigenvalue weighted by Crippen LogP contribution is -2.54. The van der Waals surface area contributed by atoms with Gasteiger partial charge in [0.2, 0.25) is 5.91 Å². The maximum absolute atomic E-state index is 12.7. The molecule has 2 fully saturated rings. The molecule has 1 unspecified atom stereocenters. The lowest BCUT2D eigenvalue weighted by molar-refractivity contribution is -0.162. The second kappa shape index (κ2) is 8.59. The molecule has 0 bridgehead atoms. The van der Waals surface area contributed by atoms with Gasteiger partial charge in [0.1, 0.15) is 6.42 Å². The highest BCUT2D eigenvalue weighted by Gasteiger charge is 2.36. The minimum absolute atomic E-state index is 0.109. The maximum atomic E-state index is 12.7. The zero-order chi connectivity index (χ0) is 20.3.